The number of nitrogens with zero attached hydrogens (tertiary/aromatic N) is 1. The van der Waals surface area contributed by atoms with Crippen LogP contribution in [0.2, 0.25) is 0 Å². The van der Waals surface area contributed by atoms with Gasteiger partial charge in [-0.1, -0.05) is 36.4 Å². The quantitative estimate of drug-likeness (QED) is 0.870. The number of likely N-dealkylation sites (N-methyl/N-ethyl adjacent to an activating group) is 1. The minimum atomic E-state index is -0.171. The third kappa shape index (κ3) is 3.72. The van der Waals surface area contributed by atoms with Gasteiger partial charge in [0, 0.05) is 19.8 Å². The lowest BCUT2D eigenvalue weighted by Crippen LogP contribution is -2.37. The molecule has 2 amide bonds. The van der Waals surface area contributed by atoms with Crippen LogP contribution < -0.4 is 10.6 Å². The molecule has 26 heavy (non-hydrogen) atoms. The summed E-state index contributed by atoms with van der Waals surface area (Å²) in [5.74, 6) is -0.159. The minimum Gasteiger partial charge on any atom is -0.376 e. The van der Waals surface area contributed by atoms with E-state index in [0.29, 0.717) is 11.3 Å². The van der Waals surface area contributed by atoms with Gasteiger partial charge in [0.25, 0.3) is 5.91 Å². The van der Waals surface area contributed by atoms with E-state index in [4.69, 9.17) is 0 Å². The molecule has 2 aromatic carbocycles. The Hall–Kier alpha value is -2.82. The number of hydrogen-bond acceptors (Lipinski definition) is 3. The van der Waals surface area contributed by atoms with Gasteiger partial charge in [0.1, 0.15) is 0 Å². The molecule has 2 N–H and O–H groups in total. The Morgan fingerprint density at radius 2 is 1.85 bits per heavy atom. The average Bonchev–Trinajstić information content (AvgIpc) is 2.70. The summed E-state index contributed by atoms with van der Waals surface area (Å²) in [5, 5.41) is 5.74. The summed E-state index contributed by atoms with van der Waals surface area (Å²) in [6.45, 7) is 0.156. The summed E-state index contributed by atoms with van der Waals surface area (Å²) in [4.78, 5) is 26.5. The van der Waals surface area contributed by atoms with Gasteiger partial charge in [-0.15, -0.1) is 0 Å². The number of fused-ring (bicyclic) bond motifs is 1. The normalized spacial score (nSPS) is 15.7. The number of rotatable bonds is 5. The molecular formula is C21H25N3O2. The summed E-state index contributed by atoms with van der Waals surface area (Å²) >= 11 is 0. The van der Waals surface area contributed by atoms with Crippen LogP contribution in [0.5, 0.6) is 0 Å². The number of amides is 2. The van der Waals surface area contributed by atoms with Crippen LogP contribution in [0.1, 0.15) is 40.4 Å². The number of hydrogen-bond donors (Lipinski definition) is 2. The Morgan fingerprint density at radius 3 is 2.65 bits per heavy atom. The van der Waals surface area contributed by atoms with Crippen molar-refractivity contribution in [3.63, 3.8) is 0 Å². The molecule has 0 radical (unpaired) electrons. The number of anilines is 1. The van der Waals surface area contributed by atoms with Crippen molar-refractivity contribution in [2.45, 2.75) is 25.3 Å². The van der Waals surface area contributed by atoms with Crippen LogP contribution in [0.3, 0.4) is 0 Å². The molecule has 1 unspecified atom stereocenters. The van der Waals surface area contributed by atoms with E-state index in [1.54, 1.807) is 13.1 Å². The first kappa shape index (κ1) is 18.0. The van der Waals surface area contributed by atoms with Crippen molar-refractivity contribution >= 4 is 17.5 Å². The molecule has 0 saturated heterocycles. The summed E-state index contributed by atoms with van der Waals surface area (Å²) in [7, 11) is 3.46. The predicted molar refractivity (Wildman–Crippen MR) is 103 cm³/mol. The van der Waals surface area contributed by atoms with Crippen molar-refractivity contribution in [1.82, 2.24) is 10.2 Å². The molecule has 1 atom stereocenters. The second-order valence-corrected chi connectivity index (χ2v) is 6.59. The van der Waals surface area contributed by atoms with Crippen molar-refractivity contribution in [3.8, 4) is 0 Å². The maximum atomic E-state index is 12.7. The number of para-hydroxylation sites is 1. The van der Waals surface area contributed by atoms with Crippen LogP contribution >= 0.6 is 0 Å². The smallest absolute Gasteiger partial charge is 0.253 e. The van der Waals surface area contributed by atoms with Crippen LogP contribution in [0, 0.1) is 0 Å². The number of benzene rings is 2. The first-order chi connectivity index (χ1) is 12.6. The van der Waals surface area contributed by atoms with Gasteiger partial charge in [0.2, 0.25) is 5.91 Å². The summed E-state index contributed by atoms with van der Waals surface area (Å²) < 4.78 is 0. The monoisotopic (exact) mass is 351 g/mol. The van der Waals surface area contributed by atoms with Crippen molar-refractivity contribution in [2.24, 2.45) is 0 Å². The molecule has 0 saturated carbocycles. The molecule has 3 rings (SSSR count). The fourth-order valence-electron chi connectivity index (χ4n) is 3.57. The lowest BCUT2D eigenvalue weighted by Gasteiger charge is -2.33. The van der Waals surface area contributed by atoms with Gasteiger partial charge in [0.05, 0.1) is 18.2 Å². The third-order valence-corrected chi connectivity index (χ3v) is 5.03. The molecule has 2 aromatic rings. The predicted octanol–water partition coefficient (Wildman–Crippen LogP) is 2.99. The molecule has 1 aliphatic carbocycles. The molecule has 0 heterocycles. The summed E-state index contributed by atoms with van der Waals surface area (Å²) in [6.07, 6.45) is 3.15. The summed E-state index contributed by atoms with van der Waals surface area (Å²) in [6, 6.07) is 15.7. The van der Waals surface area contributed by atoms with Gasteiger partial charge in [-0.2, -0.15) is 0 Å². The van der Waals surface area contributed by atoms with Crippen molar-refractivity contribution in [3.05, 3.63) is 65.2 Å². The lowest BCUT2D eigenvalue weighted by molar-refractivity contribution is -0.130. The van der Waals surface area contributed by atoms with Crippen molar-refractivity contribution < 1.29 is 9.59 Å². The minimum absolute atomic E-state index is 0.0124. The molecule has 1 aliphatic rings. The van der Waals surface area contributed by atoms with Gasteiger partial charge in [-0.3, -0.25) is 9.59 Å². The first-order valence-electron chi connectivity index (χ1n) is 9.00. The van der Waals surface area contributed by atoms with Gasteiger partial charge in [-0.05, 0) is 42.5 Å². The van der Waals surface area contributed by atoms with E-state index in [1.165, 1.54) is 11.1 Å². The molecule has 5 nitrogen and oxygen atoms in total. The highest BCUT2D eigenvalue weighted by Crippen LogP contribution is 2.33. The van der Waals surface area contributed by atoms with Gasteiger partial charge in [-0.25, -0.2) is 0 Å². The van der Waals surface area contributed by atoms with Crippen LogP contribution in [-0.2, 0) is 11.2 Å². The average molecular weight is 351 g/mol. The Bertz CT molecular complexity index is 803. The molecule has 136 valence electrons. The zero-order valence-corrected chi connectivity index (χ0v) is 15.3. The van der Waals surface area contributed by atoms with E-state index in [-0.39, 0.29) is 24.4 Å². The molecule has 0 aliphatic heterocycles. The van der Waals surface area contributed by atoms with E-state index in [0.717, 1.165) is 19.3 Å². The molecule has 0 fully saturated rings. The number of carbonyl (C=O) groups is 2. The molecule has 5 heteroatoms. The highest BCUT2D eigenvalue weighted by molar-refractivity contribution is 5.99. The van der Waals surface area contributed by atoms with Crippen molar-refractivity contribution in [1.29, 1.82) is 0 Å². The Labute approximate surface area is 154 Å². The van der Waals surface area contributed by atoms with Gasteiger partial charge < -0.3 is 15.5 Å². The second kappa shape index (κ2) is 8.04. The first-order valence-corrected chi connectivity index (χ1v) is 9.00. The zero-order valence-electron chi connectivity index (χ0n) is 15.3. The molecule has 0 aromatic heterocycles. The van der Waals surface area contributed by atoms with E-state index < -0.39 is 0 Å². The topological polar surface area (TPSA) is 61.4 Å². The van der Waals surface area contributed by atoms with Crippen LogP contribution in [0.15, 0.2) is 48.5 Å². The number of carbonyl (C=O) groups excluding carboxylic acids is 2. The Balaban J connectivity index is 1.69. The van der Waals surface area contributed by atoms with E-state index in [1.807, 2.05) is 36.2 Å². The van der Waals surface area contributed by atoms with Gasteiger partial charge >= 0.3 is 0 Å². The molecule has 0 spiro atoms. The SMILES string of the molecule is CNC(=O)c1ccccc1NCC(=O)N(C)C1CCCc2ccccc21. The largest absolute Gasteiger partial charge is 0.376 e. The van der Waals surface area contributed by atoms with E-state index in [9.17, 15) is 9.59 Å². The third-order valence-electron chi connectivity index (χ3n) is 5.03. The van der Waals surface area contributed by atoms with E-state index >= 15 is 0 Å². The fourth-order valence-corrected chi connectivity index (χ4v) is 3.57. The molecular weight excluding hydrogens is 326 g/mol. The van der Waals surface area contributed by atoms with Crippen molar-refractivity contribution in [2.75, 3.05) is 26.0 Å². The van der Waals surface area contributed by atoms with Gasteiger partial charge in [0.15, 0.2) is 0 Å². The maximum Gasteiger partial charge on any atom is 0.253 e. The standard InChI is InChI=1S/C21H25N3O2/c1-22-21(26)17-11-5-6-12-18(17)23-14-20(25)24(2)19-13-7-9-15-8-3-4-10-16(15)19/h3-6,8,10-12,19,23H,7,9,13-14H2,1-2H3,(H,22,26). The Morgan fingerprint density at radius 1 is 1.12 bits per heavy atom. The van der Waals surface area contributed by atoms with E-state index in [2.05, 4.69) is 28.8 Å². The highest BCUT2D eigenvalue weighted by atomic mass is 16.2. The van der Waals surface area contributed by atoms with Crippen LogP contribution in [0.4, 0.5) is 5.69 Å². The second-order valence-electron chi connectivity index (χ2n) is 6.59. The zero-order chi connectivity index (χ0) is 18.5. The Kier molecular flexibility index (Phi) is 5.56. The van der Waals surface area contributed by atoms with Crippen LogP contribution in [-0.4, -0.2) is 37.4 Å². The maximum absolute atomic E-state index is 12.7. The number of aryl methyl sites for hydroxylation is 1. The highest BCUT2D eigenvalue weighted by Gasteiger charge is 2.26. The molecule has 0 bridgehead atoms. The van der Waals surface area contributed by atoms with Crippen LogP contribution in [0.25, 0.3) is 0 Å². The number of nitrogens with one attached hydrogen (secondary N) is 2. The lowest BCUT2D eigenvalue weighted by atomic mass is 9.87. The fraction of sp³-hybridized carbons (Fsp3) is 0.333. The summed E-state index contributed by atoms with van der Waals surface area (Å²) in [5.41, 5.74) is 3.78.